The molecule has 186 valence electrons. The van der Waals surface area contributed by atoms with E-state index in [2.05, 4.69) is 20.8 Å². The van der Waals surface area contributed by atoms with Gasteiger partial charge in [0.05, 0.1) is 32.7 Å². The lowest BCUT2D eigenvalue weighted by Crippen LogP contribution is -2.55. The molecule has 1 aliphatic carbocycles. The molecule has 1 spiro atoms. The van der Waals surface area contributed by atoms with Crippen LogP contribution >= 0.6 is 11.6 Å². The average Bonchev–Trinajstić information content (AvgIpc) is 3.51. The van der Waals surface area contributed by atoms with Crippen molar-refractivity contribution in [2.75, 3.05) is 26.6 Å². The molecule has 0 saturated carbocycles. The molecule has 0 amide bonds. The summed E-state index contributed by atoms with van der Waals surface area (Å²) in [6.45, 7) is 1.78. The first-order chi connectivity index (χ1) is 17.3. The molecule has 11 nitrogen and oxygen atoms in total. The number of ketones is 2. The second-order valence-electron chi connectivity index (χ2n) is 8.37. The maximum Gasteiger partial charge on any atom is 0.236 e. The molecular weight excluding hydrogens is 490 g/mol. The Labute approximate surface area is 210 Å². The lowest BCUT2D eigenvalue weighted by molar-refractivity contribution is -0.129. The third-order valence-electron chi connectivity index (χ3n) is 6.40. The van der Waals surface area contributed by atoms with E-state index in [1.807, 2.05) is 0 Å². The zero-order chi connectivity index (χ0) is 25.6. The van der Waals surface area contributed by atoms with Gasteiger partial charge in [-0.05, 0) is 29.0 Å². The number of carbonyl (C=O) groups excluding carboxylic acids is 2. The van der Waals surface area contributed by atoms with E-state index in [1.165, 1.54) is 37.4 Å². The number of methoxy groups -OCH3 is 3. The van der Waals surface area contributed by atoms with Gasteiger partial charge in [0.25, 0.3) is 0 Å². The number of Topliss-reactive ketones (excluding diaryl/α,β-unsaturated/α-hetero) is 1. The van der Waals surface area contributed by atoms with Crippen molar-refractivity contribution in [3.8, 4) is 28.7 Å². The van der Waals surface area contributed by atoms with Crippen molar-refractivity contribution in [1.29, 1.82) is 0 Å². The first-order valence-corrected chi connectivity index (χ1v) is 11.3. The van der Waals surface area contributed by atoms with Crippen molar-refractivity contribution in [3.63, 3.8) is 0 Å². The fourth-order valence-corrected chi connectivity index (χ4v) is 4.87. The summed E-state index contributed by atoms with van der Waals surface area (Å²) in [4.78, 5) is 27.2. The van der Waals surface area contributed by atoms with Crippen LogP contribution in [0.5, 0.6) is 23.0 Å². The Bertz CT molecular complexity index is 1410. The van der Waals surface area contributed by atoms with Gasteiger partial charge in [-0.1, -0.05) is 18.5 Å². The van der Waals surface area contributed by atoms with Crippen molar-refractivity contribution in [3.05, 3.63) is 53.0 Å². The highest BCUT2D eigenvalue weighted by Gasteiger charge is 2.60. The first kappa shape index (κ1) is 23.6. The summed E-state index contributed by atoms with van der Waals surface area (Å²) in [5, 5.41) is 14.7. The summed E-state index contributed by atoms with van der Waals surface area (Å²) in [5.74, 6) is -0.358. The van der Waals surface area contributed by atoms with Gasteiger partial charge in [-0.15, -0.1) is 5.10 Å². The second kappa shape index (κ2) is 8.83. The van der Waals surface area contributed by atoms with E-state index in [-0.39, 0.29) is 27.8 Å². The molecule has 36 heavy (non-hydrogen) atoms. The number of tetrazole rings is 1. The number of ether oxygens (including phenoxy) is 4. The summed E-state index contributed by atoms with van der Waals surface area (Å²) in [6, 6.07) is 6.83. The zero-order valence-electron chi connectivity index (χ0n) is 19.9. The number of benzene rings is 2. The Morgan fingerprint density at radius 1 is 1.14 bits per heavy atom. The molecule has 0 radical (unpaired) electrons. The fraction of sp³-hybridized carbons (Fsp3) is 0.292. The predicted molar refractivity (Wildman–Crippen MR) is 128 cm³/mol. The Morgan fingerprint density at radius 3 is 2.56 bits per heavy atom. The highest BCUT2D eigenvalue weighted by Crippen LogP contribution is 2.53. The average molecular weight is 512 g/mol. The molecular formula is C24H22ClN5O6. The monoisotopic (exact) mass is 511 g/mol. The summed E-state index contributed by atoms with van der Waals surface area (Å²) in [5.41, 5.74) is 0.210. The van der Waals surface area contributed by atoms with Gasteiger partial charge in [0.1, 0.15) is 34.2 Å². The summed E-state index contributed by atoms with van der Waals surface area (Å²) < 4.78 is 23.6. The smallest absolute Gasteiger partial charge is 0.236 e. The molecule has 12 heteroatoms. The molecule has 1 N–H and O–H groups in total. The lowest BCUT2D eigenvalue weighted by atomic mass is 9.74. The molecule has 0 saturated heterocycles. The summed E-state index contributed by atoms with van der Waals surface area (Å²) >= 11 is 6.45. The molecule has 2 atom stereocenters. The number of hydrogen-bond donors (Lipinski definition) is 1. The molecule has 2 aromatic carbocycles. The van der Waals surface area contributed by atoms with Crippen molar-refractivity contribution in [2.24, 2.45) is 5.92 Å². The van der Waals surface area contributed by atoms with Gasteiger partial charge in [0.2, 0.25) is 17.2 Å². The molecule has 2 aliphatic rings. The Balaban J connectivity index is 1.52. The maximum absolute atomic E-state index is 13.7. The SMILES string of the molecule is COc1ccc(-n2cnnn2)c(NC2=CC(=O)C3(Oc4c(Cl)c(OC)cc(OC)c4C3=O)C(C)C2)c1. The van der Waals surface area contributed by atoms with Crippen LogP contribution in [0, 0.1) is 5.92 Å². The van der Waals surface area contributed by atoms with Crippen molar-refractivity contribution >= 4 is 28.9 Å². The van der Waals surface area contributed by atoms with E-state index in [9.17, 15) is 9.59 Å². The number of fused-ring (bicyclic) bond motifs is 1. The van der Waals surface area contributed by atoms with E-state index in [0.29, 0.717) is 29.2 Å². The molecule has 1 aromatic heterocycles. The quantitative estimate of drug-likeness (QED) is 0.492. The minimum atomic E-state index is -1.76. The third kappa shape index (κ3) is 3.46. The van der Waals surface area contributed by atoms with Gasteiger partial charge in [-0.3, -0.25) is 9.59 Å². The van der Waals surface area contributed by atoms with Crippen LogP contribution < -0.4 is 24.3 Å². The van der Waals surface area contributed by atoms with Gasteiger partial charge in [0.15, 0.2) is 5.75 Å². The highest BCUT2D eigenvalue weighted by molar-refractivity contribution is 6.36. The number of nitrogens with zero attached hydrogens (tertiary/aromatic N) is 4. The number of hydrogen-bond acceptors (Lipinski definition) is 10. The second-order valence-corrected chi connectivity index (χ2v) is 8.75. The fourth-order valence-electron chi connectivity index (χ4n) is 4.60. The highest BCUT2D eigenvalue weighted by atomic mass is 35.5. The lowest BCUT2D eigenvalue weighted by Gasteiger charge is -2.35. The number of rotatable bonds is 6. The van der Waals surface area contributed by atoms with E-state index in [1.54, 1.807) is 32.2 Å². The number of carbonyl (C=O) groups is 2. The van der Waals surface area contributed by atoms with Gasteiger partial charge in [-0.25, -0.2) is 0 Å². The largest absolute Gasteiger partial charge is 0.497 e. The number of allylic oxidation sites excluding steroid dienone is 1. The van der Waals surface area contributed by atoms with Crippen LogP contribution in [-0.2, 0) is 4.79 Å². The Morgan fingerprint density at radius 2 is 1.92 bits per heavy atom. The van der Waals surface area contributed by atoms with E-state index in [0.717, 1.165) is 0 Å². The zero-order valence-corrected chi connectivity index (χ0v) is 20.6. The molecule has 2 unspecified atom stereocenters. The molecule has 1 aliphatic heterocycles. The molecule has 5 rings (SSSR count). The molecule has 3 aromatic rings. The number of nitrogens with one attached hydrogen (secondary N) is 1. The first-order valence-electron chi connectivity index (χ1n) is 11.0. The topological polar surface area (TPSA) is 127 Å². The van der Waals surface area contributed by atoms with Crippen LogP contribution in [-0.4, -0.2) is 58.7 Å². The van der Waals surface area contributed by atoms with Crippen molar-refractivity contribution in [1.82, 2.24) is 20.2 Å². The number of anilines is 1. The van der Waals surface area contributed by atoms with Crippen LogP contribution in [0.25, 0.3) is 5.69 Å². The van der Waals surface area contributed by atoms with Gasteiger partial charge in [0, 0.05) is 29.8 Å². The van der Waals surface area contributed by atoms with Crippen LogP contribution in [0.4, 0.5) is 5.69 Å². The van der Waals surface area contributed by atoms with Gasteiger partial charge >= 0.3 is 0 Å². The van der Waals surface area contributed by atoms with E-state index < -0.39 is 23.1 Å². The van der Waals surface area contributed by atoms with Crippen LogP contribution in [0.1, 0.15) is 23.7 Å². The predicted octanol–water partition coefficient (Wildman–Crippen LogP) is 3.26. The number of aromatic nitrogens is 4. The van der Waals surface area contributed by atoms with Crippen molar-refractivity contribution in [2.45, 2.75) is 18.9 Å². The van der Waals surface area contributed by atoms with Crippen LogP contribution in [0.3, 0.4) is 0 Å². The minimum absolute atomic E-state index is 0.0802. The standard InChI is InChI=1S/C24H22ClN5O6/c1-12-7-13(27-15-9-14(33-2)5-6-16(15)30-11-26-28-29-30)8-19(31)24(12)23(32)20-17(34-3)10-18(35-4)21(25)22(20)36-24/h5-6,8-12,27H,7H2,1-4H3. The number of halogens is 1. The molecule has 0 fully saturated rings. The third-order valence-corrected chi connectivity index (χ3v) is 6.76. The molecule has 0 bridgehead atoms. The van der Waals surface area contributed by atoms with Crippen LogP contribution in [0.15, 0.2) is 42.4 Å². The summed E-state index contributed by atoms with van der Waals surface area (Å²) in [6.07, 6.45) is 3.16. The van der Waals surface area contributed by atoms with E-state index >= 15 is 0 Å². The van der Waals surface area contributed by atoms with Gasteiger partial charge < -0.3 is 24.3 Å². The normalized spacial score (nSPS) is 20.6. The minimum Gasteiger partial charge on any atom is -0.497 e. The van der Waals surface area contributed by atoms with Crippen molar-refractivity contribution < 1.29 is 28.5 Å². The van der Waals surface area contributed by atoms with Crippen LogP contribution in [0.2, 0.25) is 5.02 Å². The maximum atomic E-state index is 13.7. The van der Waals surface area contributed by atoms with Gasteiger partial charge in [-0.2, -0.15) is 4.68 Å². The van der Waals surface area contributed by atoms with E-state index in [4.69, 9.17) is 30.5 Å². The Kier molecular flexibility index (Phi) is 5.79. The molecule has 2 heterocycles. The summed E-state index contributed by atoms with van der Waals surface area (Å²) in [7, 11) is 4.42. The Hall–Kier alpha value is -4.12.